The summed E-state index contributed by atoms with van der Waals surface area (Å²) in [6.45, 7) is 4.20. The first kappa shape index (κ1) is 15.1. The molecule has 0 saturated heterocycles. The minimum Gasteiger partial charge on any atom is -0.396 e. The molecule has 2 atom stereocenters. The van der Waals surface area contributed by atoms with Crippen LogP contribution >= 0.6 is 0 Å². The predicted molar refractivity (Wildman–Crippen MR) is 78.8 cm³/mol. The van der Waals surface area contributed by atoms with Crippen LogP contribution in [0.15, 0.2) is 23.1 Å². The van der Waals surface area contributed by atoms with E-state index in [-0.39, 0.29) is 28.1 Å². The van der Waals surface area contributed by atoms with Crippen molar-refractivity contribution >= 4 is 21.4 Å². The molecule has 6 nitrogen and oxygen atoms in total. The maximum absolute atomic E-state index is 11.5. The second-order valence-electron chi connectivity index (χ2n) is 5.74. The number of sulfonamides is 1. The number of nitrogen functional groups attached to an aromatic ring is 1. The van der Waals surface area contributed by atoms with Crippen LogP contribution < -0.4 is 16.2 Å². The molecule has 0 aromatic heterocycles. The summed E-state index contributed by atoms with van der Waals surface area (Å²) in [5.41, 5.74) is 6.60. The number of ether oxygens (including phenoxy) is 1. The first-order valence-electron chi connectivity index (χ1n) is 6.38. The van der Waals surface area contributed by atoms with Crippen LogP contribution in [-0.4, -0.2) is 27.7 Å². The average molecular weight is 299 g/mol. The highest BCUT2D eigenvalue weighted by atomic mass is 32.2. The number of rotatable bonds is 4. The lowest BCUT2D eigenvalue weighted by atomic mass is 9.64. The molecule has 2 unspecified atom stereocenters. The smallest absolute Gasteiger partial charge is 0.240 e. The van der Waals surface area contributed by atoms with E-state index in [0.717, 1.165) is 6.42 Å². The number of primary sulfonamides is 1. The molecule has 1 fully saturated rings. The fourth-order valence-corrected chi connectivity index (χ4v) is 3.32. The van der Waals surface area contributed by atoms with E-state index in [1.54, 1.807) is 19.2 Å². The van der Waals surface area contributed by atoms with Crippen LogP contribution in [0.25, 0.3) is 0 Å². The van der Waals surface area contributed by atoms with Crippen molar-refractivity contribution in [1.82, 2.24) is 0 Å². The highest BCUT2D eigenvalue weighted by Gasteiger charge is 2.48. The molecular formula is C13H21N3O3S. The molecule has 2 rings (SSSR count). The Kier molecular flexibility index (Phi) is 3.70. The van der Waals surface area contributed by atoms with Gasteiger partial charge < -0.3 is 15.8 Å². The number of benzene rings is 1. The Labute approximate surface area is 119 Å². The van der Waals surface area contributed by atoms with Gasteiger partial charge >= 0.3 is 0 Å². The van der Waals surface area contributed by atoms with Crippen LogP contribution in [-0.2, 0) is 14.8 Å². The van der Waals surface area contributed by atoms with E-state index in [9.17, 15) is 8.42 Å². The van der Waals surface area contributed by atoms with Crippen LogP contribution in [0.4, 0.5) is 11.4 Å². The lowest BCUT2D eigenvalue weighted by Crippen LogP contribution is -2.57. The van der Waals surface area contributed by atoms with Crippen molar-refractivity contribution in [2.75, 3.05) is 18.2 Å². The molecule has 0 bridgehead atoms. The molecule has 1 aliphatic carbocycles. The van der Waals surface area contributed by atoms with E-state index in [2.05, 4.69) is 19.2 Å². The molecule has 0 aliphatic heterocycles. The monoisotopic (exact) mass is 299 g/mol. The van der Waals surface area contributed by atoms with E-state index in [0.29, 0.717) is 5.69 Å². The zero-order valence-corrected chi connectivity index (χ0v) is 12.7. The zero-order valence-electron chi connectivity index (χ0n) is 11.9. The second-order valence-corrected chi connectivity index (χ2v) is 7.27. The predicted octanol–water partition coefficient (Wildman–Crippen LogP) is 1.14. The molecule has 112 valence electrons. The number of hydrogen-bond donors (Lipinski definition) is 3. The van der Waals surface area contributed by atoms with Crippen molar-refractivity contribution in [2.24, 2.45) is 10.6 Å². The standard InChI is InChI=1S/C13H21N3O3S/c1-13(2)10(7-11(13)19-3)16-8-5-4-6-9(12(8)14)20(15,17)18/h4-6,10-11,16H,7,14H2,1-3H3,(H2,15,17,18). The molecule has 0 amide bonds. The van der Waals surface area contributed by atoms with Crippen molar-refractivity contribution < 1.29 is 13.2 Å². The number of nitrogens with two attached hydrogens (primary N) is 2. The van der Waals surface area contributed by atoms with E-state index in [4.69, 9.17) is 15.6 Å². The molecule has 20 heavy (non-hydrogen) atoms. The molecular weight excluding hydrogens is 278 g/mol. The molecule has 5 N–H and O–H groups in total. The van der Waals surface area contributed by atoms with Gasteiger partial charge in [-0.2, -0.15) is 0 Å². The Morgan fingerprint density at radius 1 is 1.40 bits per heavy atom. The molecule has 1 aromatic carbocycles. The number of hydrogen-bond acceptors (Lipinski definition) is 5. The Morgan fingerprint density at radius 2 is 2.05 bits per heavy atom. The molecule has 1 aromatic rings. The Hall–Kier alpha value is -1.31. The average Bonchev–Trinajstić information content (AvgIpc) is 2.34. The van der Waals surface area contributed by atoms with Gasteiger partial charge in [-0.15, -0.1) is 0 Å². The van der Waals surface area contributed by atoms with Gasteiger partial charge in [-0.25, -0.2) is 13.6 Å². The fraction of sp³-hybridized carbons (Fsp3) is 0.538. The second kappa shape index (κ2) is 4.91. The Morgan fingerprint density at radius 3 is 2.55 bits per heavy atom. The first-order valence-corrected chi connectivity index (χ1v) is 7.93. The summed E-state index contributed by atoms with van der Waals surface area (Å²) in [5.74, 6) is 0. The number of para-hydroxylation sites is 1. The fourth-order valence-electron chi connectivity index (χ4n) is 2.64. The van der Waals surface area contributed by atoms with Gasteiger partial charge in [0.05, 0.1) is 17.5 Å². The van der Waals surface area contributed by atoms with Crippen LogP contribution in [0.5, 0.6) is 0 Å². The minimum atomic E-state index is -3.81. The summed E-state index contributed by atoms with van der Waals surface area (Å²) in [7, 11) is -2.12. The number of methoxy groups -OCH3 is 1. The summed E-state index contributed by atoms with van der Waals surface area (Å²) >= 11 is 0. The number of anilines is 2. The molecule has 0 heterocycles. The van der Waals surface area contributed by atoms with E-state index < -0.39 is 10.0 Å². The highest BCUT2D eigenvalue weighted by Crippen LogP contribution is 2.44. The highest BCUT2D eigenvalue weighted by molar-refractivity contribution is 7.89. The summed E-state index contributed by atoms with van der Waals surface area (Å²) < 4.78 is 28.3. The van der Waals surface area contributed by atoms with Crippen molar-refractivity contribution in [3.05, 3.63) is 18.2 Å². The topological polar surface area (TPSA) is 107 Å². The largest absolute Gasteiger partial charge is 0.396 e. The first-order chi connectivity index (χ1) is 9.17. The quantitative estimate of drug-likeness (QED) is 0.723. The lowest BCUT2D eigenvalue weighted by Gasteiger charge is -2.51. The van der Waals surface area contributed by atoms with Crippen molar-refractivity contribution in [3.63, 3.8) is 0 Å². The van der Waals surface area contributed by atoms with Crippen molar-refractivity contribution in [3.8, 4) is 0 Å². The van der Waals surface area contributed by atoms with E-state index in [1.165, 1.54) is 6.07 Å². The van der Waals surface area contributed by atoms with Gasteiger partial charge in [0.1, 0.15) is 4.90 Å². The summed E-state index contributed by atoms with van der Waals surface area (Å²) in [4.78, 5) is -0.0529. The third kappa shape index (κ3) is 2.48. The lowest BCUT2D eigenvalue weighted by molar-refractivity contribution is -0.0794. The van der Waals surface area contributed by atoms with Gasteiger partial charge in [0.2, 0.25) is 10.0 Å². The maximum Gasteiger partial charge on any atom is 0.240 e. The summed E-state index contributed by atoms with van der Waals surface area (Å²) in [6.07, 6.45) is 1.03. The Bertz CT molecular complexity index is 613. The SMILES string of the molecule is COC1CC(Nc2cccc(S(N)(=O)=O)c2N)C1(C)C. The van der Waals surface area contributed by atoms with Gasteiger partial charge in [0, 0.05) is 18.6 Å². The van der Waals surface area contributed by atoms with Crippen LogP contribution in [0.3, 0.4) is 0 Å². The maximum atomic E-state index is 11.5. The van der Waals surface area contributed by atoms with Gasteiger partial charge in [-0.1, -0.05) is 19.9 Å². The third-order valence-corrected chi connectivity index (χ3v) is 5.13. The molecule has 7 heteroatoms. The third-order valence-electron chi connectivity index (χ3n) is 4.16. The zero-order chi connectivity index (χ0) is 15.1. The summed E-state index contributed by atoms with van der Waals surface area (Å²) in [5, 5.41) is 8.43. The van der Waals surface area contributed by atoms with Gasteiger partial charge in [0.15, 0.2) is 0 Å². The van der Waals surface area contributed by atoms with Gasteiger partial charge in [-0.05, 0) is 18.6 Å². The normalized spacial score (nSPS) is 25.0. The minimum absolute atomic E-state index is 0.0429. The number of nitrogens with one attached hydrogen (secondary N) is 1. The van der Waals surface area contributed by atoms with E-state index in [1.807, 2.05) is 0 Å². The van der Waals surface area contributed by atoms with Crippen molar-refractivity contribution in [2.45, 2.75) is 37.3 Å². The Balaban J connectivity index is 2.25. The molecule has 0 spiro atoms. The molecule has 1 aliphatic rings. The van der Waals surface area contributed by atoms with E-state index >= 15 is 0 Å². The van der Waals surface area contributed by atoms with Crippen LogP contribution in [0, 0.1) is 5.41 Å². The van der Waals surface area contributed by atoms with Gasteiger partial charge in [0.25, 0.3) is 0 Å². The van der Waals surface area contributed by atoms with Crippen molar-refractivity contribution in [1.29, 1.82) is 0 Å². The van der Waals surface area contributed by atoms with Crippen LogP contribution in [0.1, 0.15) is 20.3 Å². The summed E-state index contributed by atoms with van der Waals surface area (Å²) in [6, 6.07) is 4.95. The van der Waals surface area contributed by atoms with Gasteiger partial charge in [-0.3, -0.25) is 0 Å². The molecule has 0 radical (unpaired) electrons. The van der Waals surface area contributed by atoms with Crippen LogP contribution in [0.2, 0.25) is 0 Å². The molecule has 1 saturated carbocycles.